The van der Waals surface area contributed by atoms with Crippen molar-refractivity contribution in [2.45, 2.75) is 6.92 Å². The summed E-state index contributed by atoms with van der Waals surface area (Å²) in [7, 11) is 0. The second-order valence-electron chi connectivity index (χ2n) is 5.71. The summed E-state index contributed by atoms with van der Waals surface area (Å²) < 4.78 is 19.0. The Balaban J connectivity index is 1.58. The van der Waals surface area contributed by atoms with E-state index in [-0.39, 0.29) is 0 Å². The first-order valence-corrected chi connectivity index (χ1v) is 9.04. The molecule has 0 radical (unpaired) electrons. The maximum Gasteiger partial charge on any atom is 0.212 e. The number of thiazole rings is 1. The molecule has 4 aromatic rings. The molecule has 0 aliphatic rings. The molecular weight excluding hydrogens is 363 g/mol. The summed E-state index contributed by atoms with van der Waals surface area (Å²) in [6.45, 7) is 1.95. The molecule has 0 aliphatic carbocycles. The summed E-state index contributed by atoms with van der Waals surface area (Å²) in [5.41, 5.74) is 2.45. The van der Waals surface area contributed by atoms with E-state index in [1.54, 1.807) is 24.4 Å². The number of halogens is 1. The minimum atomic E-state index is -0.528. The number of rotatable bonds is 5. The van der Waals surface area contributed by atoms with Crippen molar-refractivity contribution in [3.63, 3.8) is 0 Å². The van der Waals surface area contributed by atoms with Crippen molar-refractivity contribution in [2.75, 3.05) is 5.32 Å². The summed E-state index contributed by atoms with van der Waals surface area (Å²) in [5, 5.41) is 4.72. The third kappa shape index (κ3) is 4.09. The average Bonchev–Trinajstić information content (AvgIpc) is 3.05. The maximum atomic E-state index is 12.9. The van der Waals surface area contributed by atoms with Gasteiger partial charge in [-0.05, 0) is 25.1 Å². The Morgan fingerprint density at radius 1 is 1.04 bits per heavy atom. The molecule has 0 aliphatic heterocycles. The normalized spacial score (nSPS) is 10.6. The number of aryl methyl sites for hydroxylation is 1. The van der Waals surface area contributed by atoms with Crippen LogP contribution in [0.1, 0.15) is 5.01 Å². The van der Waals surface area contributed by atoms with E-state index in [4.69, 9.17) is 4.74 Å². The van der Waals surface area contributed by atoms with Gasteiger partial charge in [-0.1, -0.05) is 41.7 Å². The highest BCUT2D eigenvalue weighted by Gasteiger charge is 2.14. The second kappa shape index (κ2) is 7.51. The first-order chi connectivity index (χ1) is 13.2. The van der Waals surface area contributed by atoms with Gasteiger partial charge in [0.2, 0.25) is 11.0 Å². The van der Waals surface area contributed by atoms with Crippen molar-refractivity contribution in [3.05, 3.63) is 77.9 Å². The number of pyridine rings is 2. The summed E-state index contributed by atoms with van der Waals surface area (Å²) in [6, 6.07) is 16.3. The number of hydrogen-bond donors (Lipinski definition) is 1. The topological polar surface area (TPSA) is 59.9 Å². The van der Waals surface area contributed by atoms with Crippen LogP contribution in [0.3, 0.4) is 0 Å². The van der Waals surface area contributed by atoms with Crippen LogP contribution in [-0.2, 0) is 0 Å². The quantitative estimate of drug-likeness (QED) is 0.459. The number of hydrogen-bond acceptors (Lipinski definition) is 6. The predicted octanol–water partition coefficient (Wildman–Crippen LogP) is 5.58. The molecule has 0 amide bonds. The van der Waals surface area contributed by atoms with E-state index in [2.05, 4.69) is 20.3 Å². The molecule has 3 heterocycles. The molecule has 3 aromatic heterocycles. The first kappa shape index (κ1) is 17.1. The van der Waals surface area contributed by atoms with E-state index in [0.29, 0.717) is 17.3 Å². The summed E-state index contributed by atoms with van der Waals surface area (Å²) in [4.78, 5) is 12.5. The molecule has 1 aromatic carbocycles. The molecule has 27 heavy (non-hydrogen) atoms. The van der Waals surface area contributed by atoms with Crippen molar-refractivity contribution in [3.8, 4) is 22.1 Å². The highest BCUT2D eigenvalue weighted by atomic mass is 32.1. The van der Waals surface area contributed by atoms with Crippen LogP contribution in [0, 0.1) is 12.9 Å². The van der Waals surface area contributed by atoms with Gasteiger partial charge in [0.25, 0.3) is 0 Å². The largest absolute Gasteiger partial charge is 0.444 e. The van der Waals surface area contributed by atoms with Crippen LogP contribution >= 0.6 is 11.3 Å². The smallest absolute Gasteiger partial charge is 0.212 e. The molecule has 0 unspecified atom stereocenters. The van der Waals surface area contributed by atoms with Crippen molar-refractivity contribution in [2.24, 2.45) is 0 Å². The van der Waals surface area contributed by atoms with Gasteiger partial charge in [0, 0.05) is 17.8 Å². The number of nitrogens with one attached hydrogen (secondary N) is 1. The molecule has 7 heteroatoms. The summed E-state index contributed by atoms with van der Waals surface area (Å²) >= 11 is 1.49. The molecule has 134 valence electrons. The molecule has 5 nitrogen and oxygen atoms in total. The van der Waals surface area contributed by atoms with Crippen LogP contribution in [0.5, 0.6) is 10.8 Å². The van der Waals surface area contributed by atoms with Crippen LogP contribution in [0.25, 0.3) is 11.3 Å². The van der Waals surface area contributed by atoms with Crippen LogP contribution < -0.4 is 10.1 Å². The molecule has 1 N–H and O–H groups in total. The van der Waals surface area contributed by atoms with E-state index >= 15 is 0 Å². The number of benzene rings is 1. The zero-order chi connectivity index (χ0) is 18.6. The van der Waals surface area contributed by atoms with E-state index in [9.17, 15) is 4.39 Å². The van der Waals surface area contributed by atoms with Gasteiger partial charge in [0.1, 0.15) is 17.3 Å². The summed E-state index contributed by atoms with van der Waals surface area (Å²) in [6.07, 6.45) is 3.05. The third-order valence-corrected chi connectivity index (χ3v) is 4.54. The first-order valence-electron chi connectivity index (χ1n) is 8.23. The molecule has 0 atom stereocenters. The number of ether oxygens (including phenoxy) is 1. The maximum absolute atomic E-state index is 12.9. The van der Waals surface area contributed by atoms with Gasteiger partial charge < -0.3 is 10.1 Å². The van der Waals surface area contributed by atoms with Gasteiger partial charge in [0.15, 0.2) is 0 Å². The Hall–Kier alpha value is -3.32. The molecule has 0 saturated heterocycles. The fourth-order valence-electron chi connectivity index (χ4n) is 2.50. The SMILES string of the molecule is Cc1nc(-c2ccccc2)c(Oc2ccnc(Nc3ccc(F)nc3)c2)s1. The zero-order valence-corrected chi connectivity index (χ0v) is 15.2. The fourth-order valence-corrected chi connectivity index (χ4v) is 3.31. The monoisotopic (exact) mass is 378 g/mol. The second-order valence-corrected chi connectivity index (χ2v) is 6.87. The van der Waals surface area contributed by atoms with E-state index in [1.807, 2.05) is 37.3 Å². The van der Waals surface area contributed by atoms with Crippen molar-refractivity contribution in [1.29, 1.82) is 0 Å². The zero-order valence-electron chi connectivity index (χ0n) is 14.4. The average molecular weight is 378 g/mol. The van der Waals surface area contributed by atoms with Crippen molar-refractivity contribution in [1.82, 2.24) is 15.0 Å². The Bertz CT molecular complexity index is 1050. The van der Waals surface area contributed by atoms with E-state index in [1.165, 1.54) is 23.6 Å². The van der Waals surface area contributed by atoms with Gasteiger partial charge in [-0.2, -0.15) is 4.39 Å². The lowest BCUT2D eigenvalue weighted by atomic mass is 10.2. The third-order valence-electron chi connectivity index (χ3n) is 3.69. The lowest BCUT2D eigenvalue weighted by Gasteiger charge is -2.08. The molecular formula is C20H15FN4OS. The molecule has 0 bridgehead atoms. The number of aromatic nitrogens is 3. The van der Waals surface area contributed by atoms with Crippen molar-refractivity contribution >= 4 is 22.8 Å². The minimum Gasteiger partial charge on any atom is -0.444 e. The Labute approximate surface area is 159 Å². The fraction of sp³-hybridized carbons (Fsp3) is 0.0500. The van der Waals surface area contributed by atoms with Crippen LogP contribution in [0.15, 0.2) is 67.0 Å². The standard InChI is InChI=1S/C20H15FN4OS/c1-13-24-19(14-5-3-2-4-6-14)20(27-13)26-16-9-10-22-18(11-16)25-15-7-8-17(21)23-12-15/h2-12H,1H3,(H,22,25). The molecule has 0 saturated carbocycles. The molecule has 0 fully saturated rings. The molecule has 4 rings (SSSR count). The highest BCUT2D eigenvalue weighted by molar-refractivity contribution is 7.13. The Morgan fingerprint density at radius 2 is 1.89 bits per heavy atom. The van der Waals surface area contributed by atoms with Crippen LogP contribution in [-0.4, -0.2) is 15.0 Å². The van der Waals surface area contributed by atoms with Gasteiger partial charge >= 0.3 is 0 Å². The van der Waals surface area contributed by atoms with Gasteiger partial charge in [0.05, 0.1) is 16.9 Å². The predicted molar refractivity (Wildman–Crippen MR) is 104 cm³/mol. The van der Waals surface area contributed by atoms with Gasteiger partial charge in [-0.15, -0.1) is 0 Å². The van der Waals surface area contributed by atoms with Crippen LogP contribution in [0.2, 0.25) is 0 Å². The lowest BCUT2D eigenvalue weighted by molar-refractivity contribution is 0.496. The van der Waals surface area contributed by atoms with Gasteiger partial charge in [-0.3, -0.25) is 0 Å². The molecule has 0 spiro atoms. The lowest BCUT2D eigenvalue weighted by Crippen LogP contribution is -1.95. The Kier molecular flexibility index (Phi) is 4.76. The van der Waals surface area contributed by atoms with Crippen molar-refractivity contribution < 1.29 is 9.13 Å². The highest BCUT2D eigenvalue weighted by Crippen LogP contribution is 2.38. The number of anilines is 2. The van der Waals surface area contributed by atoms with Crippen LogP contribution in [0.4, 0.5) is 15.9 Å². The number of nitrogens with zero attached hydrogens (tertiary/aromatic N) is 3. The summed E-state index contributed by atoms with van der Waals surface area (Å²) in [5.74, 6) is 0.673. The van der Waals surface area contributed by atoms with E-state index in [0.717, 1.165) is 21.3 Å². The Morgan fingerprint density at radius 3 is 2.67 bits per heavy atom. The van der Waals surface area contributed by atoms with Gasteiger partial charge in [-0.25, -0.2) is 15.0 Å². The minimum absolute atomic E-state index is 0.528. The van der Waals surface area contributed by atoms with E-state index < -0.39 is 5.95 Å².